The number of carbonyl (C=O) groups excluding carboxylic acids is 1. The van der Waals surface area contributed by atoms with E-state index in [2.05, 4.69) is 17.3 Å². The van der Waals surface area contributed by atoms with Gasteiger partial charge in [0.15, 0.2) is 11.5 Å². The van der Waals surface area contributed by atoms with Crippen molar-refractivity contribution in [2.45, 2.75) is 25.5 Å². The summed E-state index contributed by atoms with van der Waals surface area (Å²) in [6, 6.07) is 6.12. The second-order valence-electron chi connectivity index (χ2n) is 6.25. The second-order valence-corrected chi connectivity index (χ2v) is 7.56. The first kappa shape index (κ1) is 16.3. The van der Waals surface area contributed by atoms with Gasteiger partial charge in [0.2, 0.25) is 6.79 Å². The van der Waals surface area contributed by atoms with E-state index in [1.54, 1.807) is 6.92 Å². The number of ether oxygens (including phenoxy) is 2. The summed E-state index contributed by atoms with van der Waals surface area (Å²) in [5, 5.41) is 4.24. The molecule has 1 aromatic carbocycles. The van der Waals surface area contributed by atoms with Crippen molar-refractivity contribution >= 4 is 17.7 Å². The van der Waals surface area contributed by atoms with Gasteiger partial charge in [-0.1, -0.05) is 11.2 Å². The van der Waals surface area contributed by atoms with Gasteiger partial charge in [0, 0.05) is 24.1 Å². The van der Waals surface area contributed by atoms with Crippen molar-refractivity contribution in [2.75, 3.05) is 25.6 Å². The van der Waals surface area contributed by atoms with Crippen molar-refractivity contribution in [3.05, 3.63) is 40.8 Å². The maximum Gasteiger partial charge on any atom is 0.259 e. The largest absolute Gasteiger partial charge is 0.454 e. The van der Waals surface area contributed by atoms with Gasteiger partial charge in [-0.3, -0.25) is 4.79 Å². The molecule has 0 spiro atoms. The zero-order valence-corrected chi connectivity index (χ0v) is 15.1. The molecule has 1 atom stereocenters. The Bertz CT molecular complexity index is 785. The van der Waals surface area contributed by atoms with Crippen molar-refractivity contribution in [3.63, 3.8) is 0 Å². The molecule has 1 unspecified atom stereocenters. The van der Waals surface area contributed by atoms with E-state index in [1.165, 1.54) is 5.56 Å². The van der Waals surface area contributed by atoms with Crippen LogP contribution in [0.25, 0.3) is 0 Å². The number of amides is 1. The van der Waals surface area contributed by atoms with E-state index < -0.39 is 0 Å². The average Bonchev–Trinajstić information content (AvgIpc) is 3.11. The molecule has 0 saturated carbocycles. The van der Waals surface area contributed by atoms with Crippen LogP contribution in [0.2, 0.25) is 0 Å². The lowest BCUT2D eigenvalue weighted by Gasteiger charge is -2.20. The van der Waals surface area contributed by atoms with Gasteiger partial charge in [0.05, 0.1) is 5.69 Å². The van der Waals surface area contributed by atoms with Crippen molar-refractivity contribution in [3.8, 4) is 11.5 Å². The summed E-state index contributed by atoms with van der Waals surface area (Å²) < 4.78 is 16.0. The lowest BCUT2D eigenvalue weighted by atomic mass is 10.1. The summed E-state index contributed by atoms with van der Waals surface area (Å²) >= 11 is 1.88. The number of carbonyl (C=O) groups is 1. The molecule has 1 aromatic heterocycles. The van der Waals surface area contributed by atoms with E-state index in [0.29, 0.717) is 22.3 Å². The predicted octanol–water partition coefficient (Wildman–Crippen LogP) is 3.34. The van der Waals surface area contributed by atoms with Crippen LogP contribution in [0.4, 0.5) is 0 Å². The summed E-state index contributed by atoms with van der Waals surface area (Å²) in [4.78, 5) is 14.7. The Morgan fingerprint density at radius 1 is 1.24 bits per heavy atom. The van der Waals surface area contributed by atoms with Gasteiger partial charge >= 0.3 is 0 Å². The number of thioether (sulfide) groups is 1. The molecule has 1 fully saturated rings. The van der Waals surface area contributed by atoms with Crippen LogP contribution in [-0.2, 0) is 0 Å². The summed E-state index contributed by atoms with van der Waals surface area (Å²) in [5.41, 5.74) is 2.49. The summed E-state index contributed by atoms with van der Waals surface area (Å²) in [5.74, 6) is 3.12. The van der Waals surface area contributed by atoms with Gasteiger partial charge < -0.3 is 18.9 Å². The molecule has 0 aliphatic carbocycles. The Morgan fingerprint density at radius 3 is 2.88 bits per heavy atom. The van der Waals surface area contributed by atoms with Gasteiger partial charge in [-0.15, -0.1) is 0 Å². The first-order chi connectivity index (χ1) is 12.1. The minimum atomic E-state index is 0.0168. The highest BCUT2D eigenvalue weighted by Crippen LogP contribution is 2.40. The molecule has 3 heterocycles. The second kappa shape index (κ2) is 6.63. The van der Waals surface area contributed by atoms with E-state index in [-0.39, 0.29) is 12.7 Å². The van der Waals surface area contributed by atoms with Gasteiger partial charge in [0.25, 0.3) is 5.91 Å². The van der Waals surface area contributed by atoms with Gasteiger partial charge in [-0.25, -0.2) is 0 Å². The average molecular weight is 360 g/mol. The third-order valence-electron chi connectivity index (χ3n) is 4.64. The third kappa shape index (κ3) is 3.08. The van der Waals surface area contributed by atoms with E-state index in [9.17, 15) is 4.79 Å². The molecule has 4 rings (SSSR count). The molecule has 1 amide bonds. The number of fused-ring (bicyclic) bond motifs is 1. The molecule has 0 bridgehead atoms. The van der Waals surface area contributed by atoms with Crippen LogP contribution in [0, 0.1) is 13.8 Å². The molecule has 25 heavy (non-hydrogen) atoms. The number of aromatic nitrogens is 1. The van der Waals surface area contributed by atoms with Gasteiger partial charge in [0.1, 0.15) is 11.3 Å². The predicted molar refractivity (Wildman–Crippen MR) is 94.3 cm³/mol. The van der Waals surface area contributed by atoms with Gasteiger partial charge in [-0.2, -0.15) is 11.8 Å². The number of nitrogens with zero attached hydrogens (tertiary/aromatic N) is 2. The zero-order valence-electron chi connectivity index (χ0n) is 14.3. The molecule has 2 aliphatic rings. The summed E-state index contributed by atoms with van der Waals surface area (Å²) in [6.07, 6.45) is 0.902. The fourth-order valence-electron chi connectivity index (χ4n) is 3.30. The highest BCUT2D eigenvalue weighted by Gasteiger charge is 2.27. The number of benzene rings is 1. The molecular weight excluding hydrogens is 340 g/mol. The molecule has 0 radical (unpaired) electrons. The lowest BCUT2D eigenvalue weighted by molar-refractivity contribution is 0.0764. The van der Waals surface area contributed by atoms with Crippen LogP contribution < -0.4 is 9.47 Å². The number of hydrogen-bond donors (Lipinski definition) is 0. The standard InChI is InChI=1S/C18H20N2O4S/c1-11-17(12(2)24-19-11)18(21)20-6-5-16(25-8-7-20)13-3-4-14-15(9-13)23-10-22-14/h3-4,9,16H,5-8,10H2,1-2H3. The fourth-order valence-corrected chi connectivity index (χ4v) is 4.52. The Balaban J connectivity index is 1.48. The first-order valence-corrected chi connectivity index (χ1v) is 9.41. The molecule has 1 saturated heterocycles. The van der Waals surface area contributed by atoms with Crippen LogP contribution in [0.5, 0.6) is 11.5 Å². The summed E-state index contributed by atoms with van der Waals surface area (Å²) in [7, 11) is 0. The van der Waals surface area contributed by atoms with E-state index in [1.807, 2.05) is 29.7 Å². The molecule has 2 aliphatic heterocycles. The molecule has 2 aromatic rings. The normalized spacial score (nSPS) is 19.8. The third-order valence-corrected chi connectivity index (χ3v) is 5.97. The number of aryl methyl sites for hydroxylation is 2. The zero-order chi connectivity index (χ0) is 17.4. The Hall–Kier alpha value is -2.15. The van der Waals surface area contributed by atoms with E-state index in [4.69, 9.17) is 14.0 Å². The van der Waals surface area contributed by atoms with Crippen LogP contribution in [0.15, 0.2) is 22.7 Å². The molecule has 6 nitrogen and oxygen atoms in total. The molecule has 7 heteroatoms. The van der Waals surface area contributed by atoms with Crippen molar-refractivity contribution in [1.29, 1.82) is 0 Å². The van der Waals surface area contributed by atoms with E-state index >= 15 is 0 Å². The highest BCUT2D eigenvalue weighted by atomic mass is 32.2. The van der Waals surface area contributed by atoms with E-state index in [0.717, 1.165) is 36.8 Å². The van der Waals surface area contributed by atoms with Crippen molar-refractivity contribution in [2.24, 2.45) is 0 Å². The topological polar surface area (TPSA) is 64.8 Å². The van der Waals surface area contributed by atoms with Crippen LogP contribution in [-0.4, -0.2) is 41.6 Å². The quantitative estimate of drug-likeness (QED) is 0.818. The van der Waals surface area contributed by atoms with Crippen LogP contribution in [0.1, 0.15) is 39.0 Å². The van der Waals surface area contributed by atoms with Gasteiger partial charge in [-0.05, 0) is 38.0 Å². The van der Waals surface area contributed by atoms with Crippen LogP contribution >= 0.6 is 11.8 Å². The Labute approximate surface area is 150 Å². The monoisotopic (exact) mass is 360 g/mol. The number of rotatable bonds is 2. The first-order valence-electron chi connectivity index (χ1n) is 8.37. The minimum Gasteiger partial charge on any atom is -0.454 e. The minimum absolute atomic E-state index is 0.0168. The van der Waals surface area contributed by atoms with Crippen LogP contribution in [0.3, 0.4) is 0 Å². The maximum absolute atomic E-state index is 12.8. The SMILES string of the molecule is Cc1noc(C)c1C(=O)N1CCSC(c2ccc3c(c2)OCO3)CC1. The van der Waals surface area contributed by atoms with Crippen molar-refractivity contribution in [1.82, 2.24) is 10.1 Å². The maximum atomic E-state index is 12.8. The summed E-state index contributed by atoms with van der Waals surface area (Å²) in [6.45, 7) is 5.33. The lowest BCUT2D eigenvalue weighted by Crippen LogP contribution is -2.33. The Morgan fingerprint density at radius 2 is 2.08 bits per heavy atom. The molecule has 0 N–H and O–H groups in total. The highest BCUT2D eigenvalue weighted by molar-refractivity contribution is 7.99. The smallest absolute Gasteiger partial charge is 0.259 e. The molecule has 132 valence electrons. The van der Waals surface area contributed by atoms with Crippen molar-refractivity contribution < 1.29 is 18.8 Å². The molecular formula is C18H20N2O4S. The Kier molecular flexibility index (Phi) is 4.33. The number of hydrogen-bond acceptors (Lipinski definition) is 6. The fraction of sp³-hybridized carbons (Fsp3) is 0.444.